The van der Waals surface area contributed by atoms with Crippen molar-refractivity contribution in [2.75, 3.05) is 5.32 Å². The summed E-state index contributed by atoms with van der Waals surface area (Å²) in [7, 11) is 0. The van der Waals surface area contributed by atoms with Gasteiger partial charge in [0.1, 0.15) is 17.3 Å². The number of ketones is 2. The van der Waals surface area contributed by atoms with Crippen molar-refractivity contribution < 1.29 is 18.8 Å². The molecule has 1 N–H and O–H groups in total. The molecule has 0 radical (unpaired) electrons. The molecule has 1 amide bonds. The van der Waals surface area contributed by atoms with E-state index in [0.29, 0.717) is 16.8 Å². The zero-order valence-corrected chi connectivity index (χ0v) is 21.7. The van der Waals surface area contributed by atoms with E-state index < -0.39 is 29.2 Å². The van der Waals surface area contributed by atoms with Crippen molar-refractivity contribution >= 4 is 29.2 Å². The molecule has 7 rings (SSSR count). The van der Waals surface area contributed by atoms with E-state index in [9.17, 15) is 18.8 Å². The van der Waals surface area contributed by atoms with Crippen molar-refractivity contribution in [1.82, 2.24) is 4.90 Å². The second kappa shape index (κ2) is 8.85. The molecule has 5 nitrogen and oxygen atoms in total. The fraction of sp³-hybridized carbons (Fsp3) is 0.147. The number of amides is 1. The third-order valence-corrected chi connectivity index (χ3v) is 8.59. The Morgan fingerprint density at radius 2 is 1.48 bits per heavy atom. The Bertz CT molecular complexity index is 1730. The second-order valence-electron chi connectivity index (χ2n) is 10.7. The summed E-state index contributed by atoms with van der Waals surface area (Å²) in [6.45, 7) is 1.94. The number of Topliss-reactive ketones (excluding diaryl/α,β-unsaturated/α-hetero) is 2. The largest absolute Gasteiger partial charge is 0.358 e. The molecule has 3 heterocycles. The molecule has 4 unspecified atom stereocenters. The Kier molecular flexibility index (Phi) is 5.36. The first kappa shape index (κ1) is 24.2. The number of anilines is 1. The van der Waals surface area contributed by atoms with Crippen molar-refractivity contribution in [3.63, 3.8) is 0 Å². The monoisotopic (exact) mass is 528 g/mol. The van der Waals surface area contributed by atoms with Crippen molar-refractivity contribution in [2.24, 2.45) is 5.92 Å². The van der Waals surface area contributed by atoms with Gasteiger partial charge in [-0.25, -0.2) is 4.39 Å². The number of carbonyl (C=O) groups is 3. The highest BCUT2D eigenvalue weighted by Gasteiger charge is 2.70. The maximum absolute atomic E-state index is 14.7. The van der Waals surface area contributed by atoms with Gasteiger partial charge in [-0.2, -0.15) is 0 Å². The van der Waals surface area contributed by atoms with E-state index in [1.54, 1.807) is 12.1 Å². The molecule has 4 aromatic carbocycles. The van der Waals surface area contributed by atoms with Crippen LogP contribution in [0.4, 0.5) is 10.1 Å². The van der Waals surface area contributed by atoms with E-state index in [1.807, 2.05) is 84.8 Å². The van der Waals surface area contributed by atoms with Gasteiger partial charge in [-0.3, -0.25) is 14.4 Å². The Balaban J connectivity index is 1.53. The number of para-hydroxylation sites is 1. The highest BCUT2D eigenvalue weighted by Crippen LogP contribution is 2.62. The Labute approximate surface area is 231 Å². The number of aryl methyl sites for hydroxylation is 1. The lowest BCUT2D eigenvalue weighted by atomic mass is 9.62. The number of rotatable bonds is 4. The lowest BCUT2D eigenvalue weighted by Gasteiger charge is -2.38. The summed E-state index contributed by atoms with van der Waals surface area (Å²) in [6, 6.07) is 26.2. The predicted octanol–water partition coefficient (Wildman–Crippen LogP) is 6.12. The van der Waals surface area contributed by atoms with E-state index in [4.69, 9.17) is 0 Å². The molecule has 1 saturated heterocycles. The topological polar surface area (TPSA) is 66.5 Å². The summed E-state index contributed by atoms with van der Waals surface area (Å²) in [4.78, 5) is 45.4. The van der Waals surface area contributed by atoms with Crippen molar-refractivity contribution in [3.05, 3.63) is 142 Å². The van der Waals surface area contributed by atoms with Crippen molar-refractivity contribution in [3.8, 4) is 0 Å². The molecule has 40 heavy (non-hydrogen) atoms. The van der Waals surface area contributed by atoms with Gasteiger partial charge in [0.25, 0.3) is 0 Å². The van der Waals surface area contributed by atoms with E-state index in [0.717, 1.165) is 16.7 Å². The number of nitrogens with zero attached hydrogens (tertiary/aromatic N) is 1. The lowest BCUT2D eigenvalue weighted by Crippen LogP contribution is -2.49. The molecule has 0 aliphatic carbocycles. The van der Waals surface area contributed by atoms with Crippen LogP contribution in [0.1, 0.15) is 49.0 Å². The fourth-order valence-electron chi connectivity index (χ4n) is 6.85. The zero-order valence-electron chi connectivity index (χ0n) is 21.7. The van der Waals surface area contributed by atoms with Crippen LogP contribution in [0.3, 0.4) is 0 Å². The minimum absolute atomic E-state index is 0.280. The third kappa shape index (κ3) is 3.29. The van der Waals surface area contributed by atoms with Crippen LogP contribution in [0.25, 0.3) is 6.08 Å². The van der Waals surface area contributed by atoms with Crippen LogP contribution in [0.2, 0.25) is 0 Å². The summed E-state index contributed by atoms with van der Waals surface area (Å²) in [5, 5.41) is 3.04. The van der Waals surface area contributed by atoms with Crippen LogP contribution >= 0.6 is 0 Å². The molecule has 196 valence electrons. The highest BCUT2D eigenvalue weighted by molar-refractivity contribution is 6.16. The average Bonchev–Trinajstić information content (AvgIpc) is 3.45. The molecular weight excluding hydrogens is 503 g/mol. The molecule has 3 aliphatic rings. The van der Waals surface area contributed by atoms with Gasteiger partial charge in [-0.1, -0.05) is 72.3 Å². The number of carbonyl (C=O) groups excluding carboxylic acids is 3. The van der Waals surface area contributed by atoms with Gasteiger partial charge < -0.3 is 10.2 Å². The van der Waals surface area contributed by atoms with Crippen LogP contribution in [-0.4, -0.2) is 28.4 Å². The number of hydrogen-bond donors (Lipinski definition) is 1. The number of fused-ring (bicyclic) bond motifs is 6. The molecule has 6 heteroatoms. The maximum Gasteiger partial charge on any atom is 0.238 e. The fourth-order valence-corrected chi connectivity index (χ4v) is 6.85. The van der Waals surface area contributed by atoms with Crippen LogP contribution < -0.4 is 5.32 Å². The Hall–Kier alpha value is -4.84. The van der Waals surface area contributed by atoms with E-state index >= 15 is 0 Å². The minimum Gasteiger partial charge on any atom is -0.358 e. The smallest absolute Gasteiger partial charge is 0.238 e. The highest BCUT2D eigenvalue weighted by atomic mass is 19.1. The van der Waals surface area contributed by atoms with Gasteiger partial charge in [0.15, 0.2) is 11.6 Å². The number of benzene rings is 4. The van der Waals surface area contributed by atoms with Gasteiger partial charge in [0, 0.05) is 23.0 Å². The zero-order chi connectivity index (χ0) is 27.6. The standard InChI is InChI=1S/C34H25FN2O3/c1-20-10-12-22(13-11-20)30(38)28-29(31(39)23-14-16-24(35)17-15-23)37-19-18-21-6-2-3-7-25(21)32(37)34(28)26-8-4-5-9-27(26)36-33(34)40/h2-19,28-29,32H,1H3,(H,36,40). The third-order valence-electron chi connectivity index (χ3n) is 8.59. The van der Waals surface area contributed by atoms with Gasteiger partial charge in [-0.05, 0) is 60.0 Å². The van der Waals surface area contributed by atoms with Gasteiger partial charge in [0.05, 0.1) is 12.0 Å². The summed E-state index contributed by atoms with van der Waals surface area (Å²) in [6.07, 6.45) is 3.75. The van der Waals surface area contributed by atoms with Crippen LogP contribution in [0.15, 0.2) is 103 Å². The second-order valence-corrected chi connectivity index (χ2v) is 10.7. The SMILES string of the molecule is Cc1ccc(C(=O)C2C(C(=O)c3ccc(F)cc3)N3C=Cc4ccccc4C3C23C(=O)Nc2ccccc23)cc1. The molecule has 3 aliphatic heterocycles. The first-order chi connectivity index (χ1) is 19.4. The Morgan fingerprint density at radius 1 is 0.825 bits per heavy atom. The molecular formula is C34H25FN2O3. The van der Waals surface area contributed by atoms with Crippen molar-refractivity contribution in [2.45, 2.75) is 24.4 Å². The van der Waals surface area contributed by atoms with E-state index in [1.165, 1.54) is 24.3 Å². The van der Waals surface area contributed by atoms with Gasteiger partial charge in [-0.15, -0.1) is 0 Å². The maximum atomic E-state index is 14.7. The minimum atomic E-state index is -1.39. The van der Waals surface area contributed by atoms with E-state index in [2.05, 4.69) is 5.32 Å². The van der Waals surface area contributed by atoms with Crippen LogP contribution in [0.5, 0.6) is 0 Å². The van der Waals surface area contributed by atoms with Crippen LogP contribution in [0, 0.1) is 18.7 Å². The predicted molar refractivity (Wildman–Crippen MR) is 150 cm³/mol. The normalized spacial score (nSPS) is 23.9. The van der Waals surface area contributed by atoms with E-state index in [-0.39, 0.29) is 23.0 Å². The lowest BCUT2D eigenvalue weighted by molar-refractivity contribution is -0.122. The summed E-state index contributed by atoms with van der Waals surface area (Å²) < 4.78 is 13.8. The molecule has 0 saturated carbocycles. The molecule has 0 bridgehead atoms. The number of nitrogens with one attached hydrogen (secondary N) is 1. The summed E-state index contributed by atoms with van der Waals surface area (Å²) >= 11 is 0. The molecule has 4 atom stereocenters. The van der Waals surface area contributed by atoms with Gasteiger partial charge >= 0.3 is 0 Å². The summed E-state index contributed by atoms with van der Waals surface area (Å²) in [5.41, 5.74) is 3.44. The average molecular weight is 529 g/mol. The first-order valence-corrected chi connectivity index (χ1v) is 13.3. The molecule has 1 spiro atoms. The van der Waals surface area contributed by atoms with Gasteiger partial charge in [0.2, 0.25) is 5.91 Å². The molecule has 4 aromatic rings. The molecule has 0 aromatic heterocycles. The number of hydrogen-bond acceptors (Lipinski definition) is 4. The molecule has 1 fully saturated rings. The van der Waals surface area contributed by atoms with Crippen molar-refractivity contribution in [1.29, 1.82) is 0 Å². The first-order valence-electron chi connectivity index (χ1n) is 13.3. The van der Waals surface area contributed by atoms with Crippen LogP contribution in [-0.2, 0) is 10.2 Å². The number of halogens is 1. The summed E-state index contributed by atoms with van der Waals surface area (Å²) in [5.74, 6) is -2.45. The Morgan fingerprint density at radius 3 is 2.25 bits per heavy atom. The quantitative estimate of drug-likeness (QED) is 0.324.